The first-order valence-corrected chi connectivity index (χ1v) is 7.09. The maximum Gasteiger partial charge on any atom is 0.0667 e. The lowest BCUT2D eigenvalue weighted by atomic mass is 10.1. The van der Waals surface area contributed by atoms with Crippen molar-refractivity contribution in [2.45, 2.75) is 23.8 Å². The van der Waals surface area contributed by atoms with Crippen LogP contribution >= 0.6 is 0 Å². The molecule has 0 spiro atoms. The fourth-order valence-corrected chi connectivity index (χ4v) is 2.42. The number of benzene rings is 1. The van der Waals surface area contributed by atoms with Crippen LogP contribution < -0.4 is 5.32 Å². The summed E-state index contributed by atoms with van der Waals surface area (Å²) >= 11 is 0. The molecule has 1 aliphatic rings. The van der Waals surface area contributed by atoms with Crippen molar-refractivity contribution in [3.63, 3.8) is 0 Å². The summed E-state index contributed by atoms with van der Waals surface area (Å²) in [5.74, 6) is 0. The number of nitrogens with one attached hydrogen (secondary N) is 1. The van der Waals surface area contributed by atoms with E-state index in [9.17, 15) is 4.21 Å². The standard InChI is InChI=1S/C12H17NO2S/c1-16(14)12-6-2-4-10(8-12)13-11-5-3-7-15-9-11/h2,4,6,8,11,13H,3,5,7,9H2,1H3. The van der Waals surface area contributed by atoms with E-state index in [2.05, 4.69) is 5.32 Å². The van der Waals surface area contributed by atoms with Gasteiger partial charge in [-0.25, -0.2) is 0 Å². The zero-order chi connectivity index (χ0) is 11.4. The van der Waals surface area contributed by atoms with Crippen molar-refractivity contribution >= 4 is 16.5 Å². The van der Waals surface area contributed by atoms with Crippen LogP contribution in [0.15, 0.2) is 29.2 Å². The second-order valence-corrected chi connectivity index (χ2v) is 5.42. The van der Waals surface area contributed by atoms with Gasteiger partial charge in [-0.05, 0) is 31.0 Å². The smallest absolute Gasteiger partial charge is 0.0667 e. The zero-order valence-corrected chi connectivity index (χ0v) is 10.3. The van der Waals surface area contributed by atoms with Crippen LogP contribution in [-0.4, -0.2) is 29.7 Å². The van der Waals surface area contributed by atoms with E-state index < -0.39 is 10.8 Å². The summed E-state index contributed by atoms with van der Waals surface area (Å²) in [5.41, 5.74) is 1.03. The molecule has 3 nitrogen and oxygen atoms in total. The van der Waals surface area contributed by atoms with Crippen LogP contribution in [0.5, 0.6) is 0 Å². The fourth-order valence-electron chi connectivity index (χ4n) is 1.85. The Bertz CT molecular complexity index is 375. The normalized spacial score (nSPS) is 22.7. The van der Waals surface area contributed by atoms with Gasteiger partial charge < -0.3 is 10.1 Å². The molecule has 1 aromatic carbocycles. The van der Waals surface area contributed by atoms with Crippen molar-refractivity contribution in [2.24, 2.45) is 0 Å². The SMILES string of the molecule is CS(=O)c1cccc(NC2CCCOC2)c1. The van der Waals surface area contributed by atoms with Gasteiger partial charge in [-0.2, -0.15) is 0 Å². The molecule has 2 atom stereocenters. The van der Waals surface area contributed by atoms with Gasteiger partial charge in [0.25, 0.3) is 0 Å². The van der Waals surface area contributed by atoms with E-state index in [-0.39, 0.29) is 0 Å². The van der Waals surface area contributed by atoms with Crippen molar-refractivity contribution in [1.82, 2.24) is 0 Å². The predicted octanol–water partition coefficient (Wildman–Crippen LogP) is 2.01. The molecule has 0 amide bonds. The largest absolute Gasteiger partial charge is 0.380 e. The van der Waals surface area contributed by atoms with Crippen molar-refractivity contribution < 1.29 is 8.95 Å². The van der Waals surface area contributed by atoms with Crippen molar-refractivity contribution in [3.05, 3.63) is 24.3 Å². The number of rotatable bonds is 3. The molecule has 1 heterocycles. The third kappa shape index (κ3) is 3.06. The highest BCUT2D eigenvalue weighted by molar-refractivity contribution is 7.84. The number of hydrogen-bond donors (Lipinski definition) is 1. The molecule has 1 N–H and O–H groups in total. The molecule has 88 valence electrons. The highest BCUT2D eigenvalue weighted by atomic mass is 32.2. The first-order valence-electron chi connectivity index (χ1n) is 5.53. The Morgan fingerprint density at radius 1 is 1.50 bits per heavy atom. The first-order chi connectivity index (χ1) is 7.75. The fraction of sp³-hybridized carbons (Fsp3) is 0.500. The molecule has 0 aliphatic carbocycles. The van der Waals surface area contributed by atoms with Crippen molar-refractivity contribution in [3.8, 4) is 0 Å². The lowest BCUT2D eigenvalue weighted by Gasteiger charge is -2.24. The van der Waals surface area contributed by atoms with E-state index in [0.717, 1.165) is 36.6 Å². The van der Waals surface area contributed by atoms with Gasteiger partial charge in [0.1, 0.15) is 0 Å². The summed E-state index contributed by atoms with van der Waals surface area (Å²) in [5, 5.41) is 3.42. The number of hydrogen-bond acceptors (Lipinski definition) is 3. The average molecular weight is 239 g/mol. The Morgan fingerprint density at radius 2 is 2.38 bits per heavy atom. The third-order valence-electron chi connectivity index (χ3n) is 2.70. The van der Waals surface area contributed by atoms with Gasteiger partial charge in [0.2, 0.25) is 0 Å². The number of ether oxygens (including phenoxy) is 1. The summed E-state index contributed by atoms with van der Waals surface area (Å²) in [7, 11) is -0.917. The maximum atomic E-state index is 11.3. The van der Waals surface area contributed by atoms with E-state index in [1.54, 1.807) is 6.26 Å². The Labute approximate surface area is 98.7 Å². The molecule has 2 unspecified atom stereocenters. The first kappa shape index (κ1) is 11.6. The predicted molar refractivity (Wildman–Crippen MR) is 66.2 cm³/mol. The van der Waals surface area contributed by atoms with E-state index >= 15 is 0 Å². The lowest BCUT2D eigenvalue weighted by Crippen LogP contribution is -2.29. The molecule has 0 radical (unpaired) electrons. The molecule has 1 saturated heterocycles. The summed E-state index contributed by atoms with van der Waals surface area (Å²) in [4.78, 5) is 0.863. The third-order valence-corrected chi connectivity index (χ3v) is 3.61. The van der Waals surface area contributed by atoms with E-state index in [1.807, 2.05) is 24.3 Å². The molecule has 2 rings (SSSR count). The second kappa shape index (κ2) is 5.46. The highest BCUT2D eigenvalue weighted by Crippen LogP contribution is 2.17. The van der Waals surface area contributed by atoms with Crippen molar-refractivity contribution in [2.75, 3.05) is 24.8 Å². The average Bonchev–Trinajstić information content (AvgIpc) is 2.30. The summed E-state index contributed by atoms with van der Waals surface area (Å²) in [6.45, 7) is 1.64. The Hall–Kier alpha value is -0.870. The summed E-state index contributed by atoms with van der Waals surface area (Å²) < 4.78 is 16.8. The molecule has 0 aromatic heterocycles. The molecule has 4 heteroatoms. The van der Waals surface area contributed by atoms with Gasteiger partial charge in [-0.3, -0.25) is 4.21 Å². The summed E-state index contributed by atoms with van der Waals surface area (Å²) in [6.07, 6.45) is 3.94. The molecule has 1 aliphatic heterocycles. The van der Waals surface area contributed by atoms with Crippen LogP contribution in [0.2, 0.25) is 0 Å². The van der Waals surface area contributed by atoms with Crippen LogP contribution in [0.4, 0.5) is 5.69 Å². The number of anilines is 1. The van der Waals surface area contributed by atoms with Gasteiger partial charge in [-0.1, -0.05) is 6.07 Å². The molecular formula is C12H17NO2S. The van der Waals surface area contributed by atoms with Crippen LogP contribution in [0.25, 0.3) is 0 Å². The van der Waals surface area contributed by atoms with E-state index in [1.165, 1.54) is 0 Å². The monoisotopic (exact) mass is 239 g/mol. The topological polar surface area (TPSA) is 38.3 Å². The van der Waals surface area contributed by atoms with E-state index in [0.29, 0.717) is 6.04 Å². The quantitative estimate of drug-likeness (QED) is 0.877. The molecule has 1 fully saturated rings. The van der Waals surface area contributed by atoms with Crippen LogP contribution in [-0.2, 0) is 15.5 Å². The van der Waals surface area contributed by atoms with Crippen LogP contribution in [0.3, 0.4) is 0 Å². The minimum Gasteiger partial charge on any atom is -0.380 e. The lowest BCUT2D eigenvalue weighted by molar-refractivity contribution is 0.0876. The Morgan fingerprint density at radius 3 is 3.06 bits per heavy atom. The Balaban J connectivity index is 2.02. The highest BCUT2D eigenvalue weighted by Gasteiger charge is 2.13. The van der Waals surface area contributed by atoms with Gasteiger partial charge in [0.15, 0.2) is 0 Å². The summed E-state index contributed by atoms with van der Waals surface area (Å²) in [6, 6.07) is 8.16. The van der Waals surface area contributed by atoms with Crippen LogP contribution in [0.1, 0.15) is 12.8 Å². The van der Waals surface area contributed by atoms with Gasteiger partial charge in [0, 0.05) is 40.3 Å². The minimum atomic E-state index is -0.917. The van der Waals surface area contributed by atoms with Crippen molar-refractivity contribution in [1.29, 1.82) is 0 Å². The molecule has 0 bridgehead atoms. The zero-order valence-electron chi connectivity index (χ0n) is 9.44. The minimum absolute atomic E-state index is 0.384. The Kier molecular flexibility index (Phi) is 3.96. The van der Waals surface area contributed by atoms with E-state index in [4.69, 9.17) is 4.74 Å². The maximum absolute atomic E-state index is 11.3. The van der Waals surface area contributed by atoms with Gasteiger partial charge in [-0.15, -0.1) is 0 Å². The van der Waals surface area contributed by atoms with Gasteiger partial charge in [0.05, 0.1) is 6.61 Å². The molecule has 16 heavy (non-hydrogen) atoms. The molecule has 1 aromatic rings. The molecule has 0 saturated carbocycles. The van der Waals surface area contributed by atoms with Gasteiger partial charge >= 0.3 is 0 Å². The van der Waals surface area contributed by atoms with Crippen LogP contribution in [0, 0.1) is 0 Å². The molecular weight excluding hydrogens is 222 g/mol. The second-order valence-electron chi connectivity index (χ2n) is 4.04.